The molecule has 2 heterocycles. The average molecular weight is 401 g/mol. The van der Waals surface area contributed by atoms with Gasteiger partial charge in [0.1, 0.15) is 0 Å². The summed E-state index contributed by atoms with van der Waals surface area (Å²) in [4.78, 5) is 23.6. The van der Waals surface area contributed by atoms with E-state index >= 15 is 0 Å². The molecule has 6 heteroatoms. The fourth-order valence-corrected chi connectivity index (χ4v) is 3.76. The van der Waals surface area contributed by atoms with Crippen molar-refractivity contribution in [2.24, 2.45) is 0 Å². The summed E-state index contributed by atoms with van der Waals surface area (Å²) in [7, 11) is 0. The van der Waals surface area contributed by atoms with Crippen molar-refractivity contribution >= 4 is 39.4 Å². The molecule has 29 heavy (non-hydrogen) atoms. The van der Waals surface area contributed by atoms with Crippen molar-refractivity contribution in [2.45, 2.75) is 13.8 Å². The number of aromatic nitrogens is 2. The zero-order valence-electron chi connectivity index (χ0n) is 16.2. The number of carbonyl (C=O) groups excluding carboxylic acids is 1. The molecule has 0 aliphatic carbocycles. The molecule has 0 atom stereocenters. The third-order valence-corrected chi connectivity index (χ3v) is 5.26. The van der Waals surface area contributed by atoms with Crippen LogP contribution < -0.4 is 10.2 Å². The van der Waals surface area contributed by atoms with Gasteiger partial charge in [0.05, 0.1) is 17.6 Å². The fourth-order valence-electron chi connectivity index (χ4n) is 3.08. The minimum absolute atomic E-state index is 0.151. The van der Waals surface area contributed by atoms with E-state index in [1.165, 1.54) is 11.3 Å². The predicted molar refractivity (Wildman–Crippen MR) is 118 cm³/mol. The molecule has 4 rings (SSSR count). The normalized spacial score (nSPS) is 10.6. The van der Waals surface area contributed by atoms with Gasteiger partial charge in [-0.1, -0.05) is 18.2 Å². The van der Waals surface area contributed by atoms with Crippen molar-refractivity contribution in [1.29, 1.82) is 0 Å². The van der Waals surface area contributed by atoms with Gasteiger partial charge in [0, 0.05) is 29.0 Å². The molecule has 0 unspecified atom stereocenters. The first-order valence-corrected chi connectivity index (χ1v) is 10.1. The van der Waals surface area contributed by atoms with E-state index in [-0.39, 0.29) is 5.91 Å². The molecule has 4 aromatic rings. The Morgan fingerprint density at radius 1 is 1.03 bits per heavy atom. The first kappa shape index (κ1) is 18.8. The largest absolute Gasteiger partial charge is 0.322 e. The summed E-state index contributed by atoms with van der Waals surface area (Å²) < 4.78 is 0. The van der Waals surface area contributed by atoms with Crippen molar-refractivity contribution in [1.82, 2.24) is 9.97 Å². The van der Waals surface area contributed by atoms with E-state index in [2.05, 4.69) is 15.3 Å². The van der Waals surface area contributed by atoms with E-state index in [1.807, 2.05) is 78.7 Å². The molecule has 2 aromatic heterocycles. The number of thiazole rings is 1. The number of amides is 1. The van der Waals surface area contributed by atoms with Crippen LogP contribution in [0.4, 0.5) is 22.2 Å². The third kappa shape index (κ3) is 4.17. The number of anilines is 4. The molecule has 1 amide bonds. The Morgan fingerprint density at radius 2 is 1.93 bits per heavy atom. The Kier molecular flexibility index (Phi) is 5.35. The van der Waals surface area contributed by atoms with E-state index in [9.17, 15) is 4.79 Å². The predicted octanol–water partition coefficient (Wildman–Crippen LogP) is 5.88. The van der Waals surface area contributed by atoms with Gasteiger partial charge < -0.3 is 5.32 Å². The molecule has 1 N–H and O–H groups in total. The van der Waals surface area contributed by atoms with Gasteiger partial charge in [-0.15, -0.1) is 11.3 Å². The number of carbonyl (C=O) groups is 1. The summed E-state index contributed by atoms with van der Waals surface area (Å²) in [6, 6.07) is 17.3. The Bertz CT molecular complexity index is 1130. The van der Waals surface area contributed by atoms with Gasteiger partial charge in [0.2, 0.25) is 0 Å². The van der Waals surface area contributed by atoms with Crippen molar-refractivity contribution in [3.63, 3.8) is 0 Å². The summed E-state index contributed by atoms with van der Waals surface area (Å²) in [5, 5.41) is 5.73. The maximum Gasteiger partial charge on any atom is 0.255 e. The molecule has 0 saturated heterocycles. The maximum absolute atomic E-state index is 12.9. The fraction of sp³-hybridized carbons (Fsp3) is 0.0870. The lowest BCUT2D eigenvalue weighted by Gasteiger charge is -2.24. The van der Waals surface area contributed by atoms with Gasteiger partial charge in [-0.2, -0.15) is 0 Å². The van der Waals surface area contributed by atoms with Crippen LogP contribution in [-0.4, -0.2) is 15.9 Å². The lowest BCUT2D eigenvalue weighted by molar-refractivity contribution is 0.102. The number of nitrogens with one attached hydrogen (secondary N) is 1. The van der Waals surface area contributed by atoms with Crippen LogP contribution >= 0.6 is 11.3 Å². The lowest BCUT2D eigenvalue weighted by atomic mass is 10.1. The van der Waals surface area contributed by atoms with Gasteiger partial charge in [-0.05, 0) is 61.4 Å². The highest BCUT2D eigenvalue weighted by atomic mass is 32.1. The van der Waals surface area contributed by atoms with E-state index in [1.54, 1.807) is 18.6 Å². The molecule has 0 radical (unpaired) electrons. The minimum atomic E-state index is -0.151. The molecule has 0 fully saturated rings. The Balaban J connectivity index is 1.72. The number of benzene rings is 2. The minimum Gasteiger partial charge on any atom is -0.322 e. The van der Waals surface area contributed by atoms with Crippen LogP contribution in [0.1, 0.15) is 21.5 Å². The van der Waals surface area contributed by atoms with Crippen LogP contribution in [0.15, 0.2) is 78.6 Å². The summed E-state index contributed by atoms with van der Waals surface area (Å²) >= 11 is 1.53. The first-order chi connectivity index (χ1) is 14.1. The maximum atomic E-state index is 12.9. The van der Waals surface area contributed by atoms with Gasteiger partial charge in [0.25, 0.3) is 5.91 Å². The smallest absolute Gasteiger partial charge is 0.255 e. The van der Waals surface area contributed by atoms with Gasteiger partial charge in [-0.25, -0.2) is 4.98 Å². The number of hydrogen-bond donors (Lipinski definition) is 1. The van der Waals surface area contributed by atoms with E-state index < -0.39 is 0 Å². The highest BCUT2D eigenvalue weighted by molar-refractivity contribution is 7.13. The van der Waals surface area contributed by atoms with Crippen molar-refractivity contribution in [2.75, 3.05) is 10.2 Å². The zero-order valence-corrected chi connectivity index (χ0v) is 17.0. The molecule has 0 aliphatic rings. The first-order valence-electron chi connectivity index (χ1n) is 9.20. The van der Waals surface area contributed by atoms with Crippen molar-refractivity contribution in [3.05, 3.63) is 95.3 Å². The van der Waals surface area contributed by atoms with Crippen LogP contribution in [0.2, 0.25) is 0 Å². The van der Waals surface area contributed by atoms with Crippen LogP contribution in [0.3, 0.4) is 0 Å². The Labute approximate surface area is 173 Å². The molecule has 0 spiro atoms. The lowest BCUT2D eigenvalue weighted by Crippen LogP contribution is -2.15. The second-order valence-corrected chi connectivity index (χ2v) is 7.56. The van der Waals surface area contributed by atoms with Crippen LogP contribution in [-0.2, 0) is 0 Å². The average Bonchev–Trinajstić information content (AvgIpc) is 3.25. The van der Waals surface area contributed by atoms with E-state index in [4.69, 9.17) is 0 Å². The number of pyridine rings is 1. The number of rotatable bonds is 5. The molecular formula is C23H20N4OS. The van der Waals surface area contributed by atoms with E-state index in [0.29, 0.717) is 5.56 Å². The van der Waals surface area contributed by atoms with Gasteiger partial charge in [-0.3, -0.25) is 14.7 Å². The highest BCUT2D eigenvalue weighted by Gasteiger charge is 2.19. The molecule has 0 bridgehead atoms. The Hall–Kier alpha value is -3.51. The van der Waals surface area contributed by atoms with Crippen LogP contribution in [0.5, 0.6) is 0 Å². The van der Waals surface area contributed by atoms with Crippen LogP contribution in [0.25, 0.3) is 0 Å². The zero-order chi connectivity index (χ0) is 20.2. The summed E-state index contributed by atoms with van der Waals surface area (Å²) in [6.07, 6.45) is 5.30. The molecule has 144 valence electrons. The molecule has 2 aromatic carbocycles. The number of nitrogens with zero attached hydrogens (tertiary/aromatic N) is 3. The molecule has 0 saturated carbocycles. The SMILES string of the molecule is Cc1cccc(NC(=O)c2ccc(C)c(N(c3cccnc3)c3nccs3)c2)c1. The highest BCUT2D eigenvalue weighted by Crippen LogP contribution is 2.37. The quantitative estimate of drug-likeness (QED) is 0.455. The Morgan fingerprint density at radius 3 is 2.66 bits per heavy atom. The second-order valence-electron chi connectivity index (χ2n) is 6.69. The number of aryl methyl sites for hydroxylation is 2. The summed E-state index contributed by atoms with van der Waals surface area (Å²) in [5.41, 5.74) is 5.28. The monoisotopic (exact) mass is 400 g/mol. The topological polar surface area (TPSA) is 58.1 Å². The van der Waals surface area contributed by atoms with Crippen LogP contribution in [0, 0.1) is 13.8 Å². The second kappa shape index (κ2) is 8.24. The number of hydrogen-bond acceptors (Lipinski definition) is 5. The molecule has 0 aliphatic heterocycles. The van der Waals surface area contributed by atoms with E-state index in [0.717, 1.165) is 33.3 Å². The molecular weight excluding hydrogens is 380 g/mol. The standard InChI is InChI=1S/C23H20N4OS/c1-16-5-3-6-19(13-16)26-22(28)18-9-8-17(2)21(14-18)27(23-25-11-12-29-23)20-7-4-10-24-15-20/h3-15H,1-2H3,(H,26,28). The van der Waals surface area contributed by atoms with Gasteiger partial charge in [0.15, 0.2) is 5.13 Å². The summed E-state index contributed by atoms with van der Waals surface area (Å²) in [5.74, 6) is -0.151. The van der Waals surface area contributed by atoms with Crippen molar-refractivity contribution in [3.8, 4) is 0 Å². The summed E-state index contributed by atoms with van der Waals surface area (Å²) in [6.45, 7) is 4.02. The van der Waals surface area contributed by atoms with Crippen molar-refractivity contribution < 1.29 is 4.79 Å². The third-order valence-electron chi connectivity index (χ3n) is 4.50. The van der Waals surface area contributed by atoms with Gasteiger partial charge >= 0.3 is 0 Å². The molecule has 5 nitrogen and oxygen atoms in total.